The van der Waals surface area contributed by atoms with Gasteiger partial charge in [-0.15, -0.1) is 16.7 Å². The van der Waals surface area contributed by atoms with Crippen LogP contribution in [-0.4, -0.2) is 26.0 Å². The molecule has 112 valence electrons. The normalized spacial score (nSPS) is 11.0. The molecule has 6 heteroatoms. The fourth-order valence-corrected chi connectivity index (χ4v) is 2.46. The number of aromatic hydroxyl groups is 1. The number of hydrogen-bond donors (Lipinski definition) is 1. The van der Waals surface area contributed by atoms with Gasteiger partial charge in [0.1, 0.15) is 16.8 Å². The van der Waals surface area contributed by atoms with E-state index in [0.717, 1.165) is 5.56 Å². The molecule has 0 radical (unpaired) electrons. The van der Waals surface area contributed by atoms with E-state index in [-0.39, 0.29) is 5.75 Å². The lowest BCUT2D eigenvalue weighted by atomic mass is 9.99. The van der Waals surface area contributed by atoms with Crippen molar-refractivity contribution in [3.05, 3.63) is 59.9 Å². The molecule has 0 bridgehead atoms. The largest absolute Gasteiger partial charge is 0.508 e. The van der Waals surface area contributed by atoms with E-state index in [1.54, 1.807) is 30.3 Å². The van der Waals surface area contributed by atoms with Crippen LogP contribution in [0.5, 0.6) is 5.75 Å². The summed E-state index contributed by atoms with van der Waals surface area (Å²) in [6.07, 6.45) is 0. The molecule has 0 aliphatic rings. The Bertz CT molecular complexity index is 842. The van der Waals surface area contributed by atoms with Crippen molar-refractivity contribution >= 4 is 28.2 Å². The van der Waals surface area contributed by atoms with Gasteiger partial charge in [0.25, 0.3) is 0 Å². The van der Waals surface area contributed by atoms with Gasteiger partial charge in [-0.3, -0.25) is 0 Å². The molecule has 1 heterocycles. The molecule has 0 aliphatic heterocycles. The summed E-state index contributed by atoms with van der Waals surface area (Å²) >= 11 is 5.67. The molecule has 0 fully saturated rings. The Hall–Kier alpha value is -2.40. The summed E-state index contributed by atoms with van der Waals surface area (Å²) in [5.41, 5.74) is 2.86. The van der Waals surface area contributed by atoms with Gasteiger partial charge < -0.3 is 5.11 Å². The molecule has 22 heavy (non-hydrogen) atoms. The predicted octanol–water partition coefficient (Wildman–Crippen LogP) is 3.58. The number of aryl methyl sites for hydroxylation is 1. The van der Waals surface area contributed by atoms with Crippen molar-refractivity contribution in [2.45, 2.75) is 6.54 Å². The zero-order chi connectivity index (χ0) is 15.7. The second-order valence-electron chi connectivity index (χ2n) is 4.85. The number of alkyl halides is 1. The fraction of sp³-hybridized carbons (Fsp3) is 0.125. The lowest BCUT2D eigenvalue weighted by molar-refractivity contribution is 0.475. The summed E-state index contributed by atoms with van der Waals surface area (Å²) < 4.78 is 15.8. The van der Waals surface area contributed by atoms with Crippen LogP contribution in [0.15, 0.2) is 43.0 Å². The van der Waals surface area contributed by atoms with Crippen LogP contribution in [0, 0.1) is 5.82 Å². The van der Waals surface area contributed by atoms with Crippen LogP contribution in [-0.2, 0) is 6.54 Å². The number of halogens is 2. The van der Waals surface area contributed by atoms with Crippen LogP contribution < -0.4 is 0 Å². The highest BCUT2D eigenvalue weighted by atomic mass is 35.5. The maximum Gasteiger partial charge on any atom is 0.151 e. The Labute approximate surface area is 131 Å². The summed E-state index contributed by atoms with van der Waals surface area (Å²) in [5.74, 6) is 0.0876. The molecule has 3 aromatic rings. The van der Waals surface area contributed by atoms with Crippen molar-refractivity contribution in [3.8, 4) is 5.75 Å². The van der Waals surface area contributed by atoms with E-state index < -0.39 is 5.82 Å². The van der Waals surface area contributed by atoms with Crippen LogP contribution in [0.4, 0.5) is 4.39 Å². The SMILES string of the molecule is C=C(c1ccc(O)cc1)c1cc(F)c2c(c1)nnn2CCCl. The van der Waals surface area contributed by atoms with E-state index in [0.29, 0.717) is 34.6 Å². The molecule has 0 aliphatic carbocycles. The molecule has 1 N–H and O–H groups in total. The minimum absolute atomic E-state index is 0.169. The van der Waals surface area contributed by atoms with Gasteiger partial charge in [-0.05, 0) is 41.0 Å². The van der Waals surface area contributed by atoms with Gasteiger partial charge >= 0.3 is 0 Å². The summed E-state index contributed by atoms with van der Waals surface area (Å²) in [7, 11) is 0. The van der Waals surface area contributed by atoms with Crippen LogP contribution >= 0.6 is 11.6 Å². The van der Waals surface area contributed by atoms with Crippen molar-refractivity contribution < 1.29 is 9.50 Å². The van der Waals surface area contributed by atoms with E-state index in [1.165, 1.54) is 10.7 Å². The van der Waals surface area contributed by atoms with Crippen molar-refractivity contribution in [1.82, 2.24) is 15.0 Å². The second-order valence-corrected chi connectivity index (χ2v) is 5.23. The number of aromatic nitrogens is 3. The fourth-order valence-electron chi connectivity index (χ4n) is 2.30. The molecule has 2 aromatic carbocycles. The average molecular weight is 318 g/mol. The highest BCUT2D eigenvalue weighted by Gasteiger charge is 2.13. The quantitative estimate of drug-likeness (QED) is 0.748. The molecule has 4 nitrogen and oxygen atoms in total. The first-order chi connectivity index (χ1) is 10.6. The number of phenolic OH excluding ortho intramolecular Hbond substituents is 1. The van der Waals surface area contributed by atoms with Gasteiger partial charge in [0.15, 0.2) is 5.82 Å². The molecule has 0 amide bonds. The van der Waals surface area contributed by atoms with Crippen LogP contribution in [0.1, 0.15) is 11.1 Å². The summed E-state index contributed by atoms with van der Waals surface area (Å²) in [6.45, 7) is 4.39. The van der Waals surface area contributed by atoms with E-state index in [2.05, 4.69) is 16.9 Å². The molecule has 0 saturated heterocycles. The van der Waals surface area contributed by atoms with E-state index in [1.807, 2.05) is 0 Å². The smallest absolute Gasteiger partial charge is 0.151 e. The lowest BCUT2D eigenvalue weighted by Gasteiger charge is -2.08. The first-order valence-corrected chi connectivity index (χ1v) is 7.21. The topological polar surface area (TPSA) is 50.9 Å². The maximum absolute atomic E-state index is 14.4. The van der Waals surface area contributed by atoms with E-state index in [9.17, 15) is 9.50 Å². The predicted molar refractivity (Wildman–Crippen MR) is 84.4 cm³/mol. The number of nitrogens with zero attached hydrogens (tertiary/aromatic N) is 3. The van der Waals surface area contributed by atoms with E-state index in [4.69, 9.17) is 11.6 Å². The number of phenols is 1. The summed E-state index contributed by atoms with van der Waals surface area (Å²) in [5, 5.41) is 17.2. The highest BCUT2D eigenvalue weighted by molar-refractivity contribution is 6.17. The Kier molecular flexibility index (Phi) is 3.81. The summed E-state index contributed by atoms with van der Waals surface area (Å²) in [4.78, 5) is 0. The van der Waals surface area contributed by atoms with Crippen LogP contribution in [0.2, 0.25) is 0 Å². The van der Waals surface area contributed by atoms with Crippen molar-refractivity contribution in [1.29, 1.82) is 0 Å². The first-order valence-electron chi connectivity index (χ1n) is 6.67. The lowest BCUT2D eigenvalue weighted by Crippen LogP contribution is -2.02. The Morgan fingerprint density at radius 1 is 1.23 bits per heavy atom. The maximum atomic E-state index is 14.4. The number of hydrogen-bond acceptors (Lipinski definition) is 3. The van der Waals surface area contributed by atoms with Gasteiger partial charge in [0.05, 0.1) is 6.54 Å². The third kappa shape index (κ3) is 2.55. The monoisotopic (exact) mass is 317 g/mol. The van der Waals surface area contributed by atoms with E-state index >= 15 is 0 Å². The molecular formula is C16H13ClFN3O. The van der Waals surface area contributed by atoms with Gasteiger partial charge in [-0.25, -0.2) is 9.07 Å². The molecule has 3 rings (SSSR count). The number of rotatable bonds is 4. The first kappa shape index (κ1) is 14.5. The zero-order valence-electron chi connectivity index (χ0n) is 11.6. The molecule has 0 saturated carbocycles. The van der Waals surface area contributed by atoms with Crippen molar-refractivity contribution in [3.63, 3.8) is 0 Å². The minimum Gasteiger partial charge on any atom is -0.508 e. The highest BCUT2D eigenvalue weighted by Crippen LogP contribution is 2.27. The molecular weight excluding hydrogens is 305 g/mol. The third-order valence-corrected chi connectivity index (χ3v) is 3.59. The standard InChI is InChI=1S/C16H13ClFN3O/c1-10(11-2-4-13(22)5-3-11)12-8-14(18)16-15(9-12)19-20-21(16)7-6-17/h2-5,8-9,22H,1,6-7H2. The minimum atomic E-state index is -0.414. The molecule has 0 spiro atoms. The Balaban J connectivity index is 2.05. The zero-order valence-corrected chi connectivity index (χ0v) is 12.4. The van der Waals surface area contributed by atoms with Gasteiger partial charge in [-0.1, -0.05) is 23.9 Å². The van der Waals surface area contributed by atoms with Crippen molar-refractivity contribution in [2.75, 3.05) is 5.88 Å². The number of fused-ring (bicyclic) bond motifs is 1. The van der Waals surface area contributed by atoms with Crippen LogP contribution in [0.25, 0.3) is 16.6 Å². The Morgan fingerprint density at radius 2 is 1.95 bits per heavy atom. The van der Waals surface area contributed by atoms with Crippen molar-refractivity contribution in [2.24, 2.45) is 0 Å². The van der Waals surface area contributed by atoms with Gasteiger partial charge in [0, 0.05) is 5.88 Å². The summed E-state index contributed by atoms with van der Waals surface area (Å²) in [6, 6.07) is 9.73. The second kappa shape index (κ2) is 5.77. The average Bonchev–Trinajstić information content (AvgIpc) is 2.91. The number of benzene rings is 2. The molecule has 1 aromatic heterocycles. The Morgan fingerprint density at radius 3 is 2.64 bits per heavy atom. The van der Waals surface area contributed by atoms with Gasteiger partial charge in [-0.2, -0.15) is 0 Å². The molecule has 0 unspecified atom stereocenters. The molecule has 0 atom stereocenters. The van der Waals surface area contributed by atoms with Crippen LogP contribution in [0.3, 0.4) is 0 Å². The third-order valence-electron chi connectivity index (χ3n) is 3.42. The van der Waals surface area contributed by atoms with Gasteiger partial charge in [0.2, 0.25) is 0 Å².